The molecule has 1 heterocycles. The van der Waals surface area contributed by atoms with Crippen LogP contribution in [0.5, 0.6) is 0 Å². The summed E-state index contributed by atoms with van der Waals surface area (Å²) in [6, 6.07) is 0.978. The van der Waals surface area contributed by atoms with E-state index in [4.69, 9.17) is 5.73 Å². The van der Waals surface area contributed by atoms with E-state index >= 15 is 0 Å². The lowest BCUT2D eigenvalue weighted by Crippen LogP contribution is -2.47. The molecule has 1 saturated carbocycles. The van der Waals surface area contributed by atoms with Gasteiger partial charge in [0, 0.05) is 18.6 Å². The Labute approximate surface area is 91.2 Å². The number of carbonyl (C=O) groups excluding carboxylic acids is 1. The lowest BCUT2D eigenvalue weighted by atomic mass is 10.1. The van der Waals surface area contributed by atoms with Gasteiger partial charge >= 0.3 is 0 Å². The van der Waals surface area contributed by atoms with E-state index in [1.807, 2.05) is 0 Å². The lowest BCUT2D eigenvalue weighted by molar-refractivity contribution is -0.126. The van der Waals surface area contributed by atoms with E-state index in [9.17, 15) is 4.79 Å². The smallest absolute Gasteiger partial charge is 0.237 e. The summed E-state index contributed by atoms with van der Waals surface area (Å²) in [4.78, 5) is 14.3. The topological polar surface area (TPSA) is 58.4 Å². The minimum atomic E-state index is 0.0208. The molecule has 2 atom stereocenters. The van der Waals surface area contributed by atoms with Gasteiger partial charge in [-0.15, -0.1) is 0 Å². The molecule has 0 bridgehead atoms. The maximum absolute atomic E-state index is 11.9. The van der Waals surface area contributed by atoms with Crippen molar-refractivity contribution in [3.8, 4) is 0 Å². The number of rotatable bonds is 3. The Balaban J connectivity index is 2.07. The van der Waals surface area contributed by atoms with Crippen LogP contribution in [0.3, 0.4) is 0 Å². The van der Waals surface area contributed by atoms with Crippen molar-refractivity contribution in [2.75, 3.05) is 13.1 Å². The van der Waals surface area contributed by atoms with Crippen LogP contribution < -0.4 is 11.1 Å². The molecular weight excluding hydrogens is 190 g/mol. The minimum absolute atomic E-state index is 0.0208. The van der Waals surface area contributed by atoms with Gasteiger partial charge in [-0.3, -0.25) is 9.69 Å². The lowest BCUT2D eigenvalue weighted by Gasteiger charge is -2.27. The Morgan fingerprint density at radius 3 is 2.80 bits per heavy atom. The molecule has 2 fully saturated rings. The third-order valence-electron chi connectivity index (χ3n) is 3.37. The molecule has 0 spiro atoms. The third kappa shape index (κ3) is 2.49. The number of nitrogens with one attached hydrogen (secondary N) is 1. The van der Waals surface area contributed by atoms with Crippen molar-refractivity contribution >= 4 is 5.91 Å². The van der Waals surface area contributed by atoms with Crippen LogP contribution in [0.15, 0.2) is 0 Å². The first-order valence-electron chi connectivity index (χ1n) is 5.98. The average molecular weight is 211 g/mol. The minimum Gasteiger partial charge on any atom is -0.352 e. The zero-order chi connectivity index (χ0) is 10.8. The van der Waals surface area contributed by atoms with Crippen molar-refractivity contribution in [1.82, 2.24) is 10.2 Å². The molecule has 1 aliphatic heterocycles. The standard InChI is InChI=1S/C11H21N3O/c1-8-5-7-14(9-2-3-9)10(4-6-12)11(15)13-8/h8-10H,2-7,12H2,1H3,(H,13,15). The molecule has 2 aliphatic rings. The molecule has 0 aromatic heterocycles. The van der Waals surface area contributed by atoms with Gasteiger partial charge in [0.2, 0.25) is 5.91 Å². The van der Waals surface area contributed by atoms with Crippen molar-refractivity contribution in [2.45, 2.75) is 50.7 Å². The molecule has 4 nitrogen and oxygen atoms in total. The highest BCUT2D eigenvalue weighted by Crippen LogP contribution is 2.30. The fourth-order valence-electron chi connectivity index (χ4n) is 2.36. The molecule has 15 heavy (non-hydrogen) atoms. The normalized spacial score (nSPS) is 33.6. The molecular formula is C11H21N3O. The van der Waals surface area contributed by atoms with Crippen LogP contribution in [0, 0.1) is 0 Å². The second-order valence-electron chi connectivity index (χ2n) is 4.76. The fourth-order valence-corrected chi connectivity index (χ4v) is 2.36. The largest absolute Gasteiger partial charge is 0.352 e. The molecule has 0 radical (unpaired) electrons. The molecule has 4 heteroatoms. The molecule has 2 unspecified atom stereocenters. The Bertz CT molecular complexity index is 240. The van der Waals surface area contributed by atoms with Gasteiger partial charge in [0.25, 0.3) is 0 Å². The Hall–Kier alpha value is -0.610. The van der Waals surface area contributed by atoms with Crippen LogP contribution in [0.25, 0.3) is 0 Å². The summed E-state index contributed by atoms with van der Waals surface area (Å²) in [5.41, 5.74) is 5.58. The maximum Gasteiger partial charge on any atom is 0.237 e. The molecule has 1 amide bonds. The monoisotopic (exact) mass is 211 g/mol. The van der Waals surface area contributed by atoms with Crippen molar-refractivity contribution in [1.29, 1.82) is 0 Å². The Morgan fingerprint density at radius 2 is 2.20 bits per heavy atom. The fraction of sp³-hybridized carbons (Fsp3) is 0.909. The number of hydrogen-bond acceptors (Lipinski definition) is 3. The van der Waals surface area contributed by atoms with E-state index in [0.717, 1.165) is 19.4 Å². The number of nitrogens with zero attached hydrogens (tertiary/aromatic N) is 1. The summed E-state index contributed by atoms with van der Waals surface area (Å²) in [5, 5.41) is 3.05. The van der Waals surface area contributed by atoms with Gasteiger partial charge in [0.1, 0.15) is 0 Å². The second kappa shape index (κ2) is 4.49. The van der Waals surface area contributed by atoms with E-state index in [0.29, 0.717) is 18.6 Å². The van der Waals surface area contributed by atoms with E-state index in [1.54, 1.807) is 0 Å². The second-order valence-corrected chi connectivity index (χ2v) is 4.76. The number of amides is 1. The van der Waals surface area contributed by atoms with Crippen molar-refractivity contribution < 1.29 is 4.79 Å². The van der Waals surface area contributed by atoms with Gasteiger partial charge in [-0.2, -0.15) is 0 Å². The molecule has 0 aromatic rings. The van der Waals surface area contributed by atoms with E-state index in [1.165, 1.54) is 12.8 Å². The molecule has 1 aliphatic carbocycles. The van der Waals surface area contributed by atoms with E-state index < -0.39 is 0 Å². The third-order valence-corrected chi connectivity index (χ3v) is 3.37. The Kier molecular flexibility index (Phi) is 3.26. The van der Waals surface area contributed by atoms with Crippen molar-refractivity contribution in [3.05, 3.63) is 0 Å². The van der Waals surface area contributed by atoms with Gasteiger partial charge in [-0.25, -0.2) is 0 Å². The van der Waals surface area contributed by atoms with Gasteiger partial charge < -0.3 is 11.1 Å². The first-order valence-corrected chi connectivity index (χ1v) is 5.98. The summed E-state index contributed by atoms with van der Waals surface area (Å²) < 4.78 is 0. The SMILES string of the molecule is CC1CCN(C2CC2)C(CCN)C(=O)N1. The maximum atomic E-state index is 11.9. The summed E-state index contributed by atoms with van der Waals surface area (Å²) in [7, 11) is 0. The summed E-state index contributed by atoms with van der Waals surface area (Å²) in [5.74, 6) is 0.178. The summed E-state index contributed by atoms with van der Waals surface area (Å²) in [6.07, 6.45) is 4.35. The van der Waals surface area contributed by atoms with Crippen LogP contribution in [0.2, 0.25) is 0 Å². The van der Waals surface area contributed by atoms with Crippen LogP contribution in [0.1, 0.15) is 32.6 Å². The van der Waals surface area contributed by atoms with Gasteiger partial charge in [0.05, 0.1) is 6.04 Å². The van der Waals surface area contributed by atoms with Crippen LogP contribution in [-0.4, -0.2) is 42.0 Å². The predicted octanol–water partition coefficient (Wildman–Crippen LogP) is 0.0766. The Morgan fingerprint density at radius 1 is 1.47 bits per heavy atom. The highest BCUT2D eigenvalue weighted by Gasteiger charge is 2.38. The summed E-state index contributed by atoms with van der Waals surface area (Å²) in [6.45, 7) is 3.71. The number of carbonyl (C=O) groups is 1. The zero-order valence-corrected chi connectivity index (χ0v) is 9.41. The molecule has 1 saturated heterocycles. The van der Waals surface area contributed by atoms with Crippen molar-refractivity contribution in [3.63, 3.8) is 0 Å². The molecule has 2 rings (SSSR count). The quantitative estimate of drug-likeness (QED) is 0.695. The zero-order valence-electron chi connectivity index (χ0n) is 9.41. The molecule has 86 valence electrons. The first-order chi connectivity index (χ1) is 7.22. The molecule has 0 aromatic carbocycles. The van der Waals surface area contributed by atoms with Gasteiger partial charge in [-0.1, -0.05) is 0 Å². The summed E-state index contributed by atoms with van der Waals surface area (Å²) >= 11 is 0. The van der Waals surface area contributed by atoms with Gasteiger partial charge in [0.15, 0.2) is 0 Å². The predicted molar refractivity (Wildman–Crippen MR) is 59.4 cm³/mol. The highest BCUT2D eigenvalue weighted by atomic mass is 16.2. The highest BCUT2D eigenvalue weighted by molar-refractivity contribution is 5.82. The first kappa shape index (κ1) is 10.9. The molecule has 3 N–H and O–H groups in total. The number of nitrogens with two attached hydrogens (primary N) is 1. The van der Waals surface area contributed by atoms with E-state index in [-0.39, 0.29) is 11.9 Å². The van der Waals surface area contributed by atoms with Crippen molar-refractivity contribution in [2.24, 2.45) is 5.73 Å². The average Bonchev–Trinajstić information content (AvgIpc) is 2.98. The van der Waals surface area contributed by atoms with Gasteiger partial charge in [-0.05, 0) is 39.2 Å². The van der Waals surface area contributed by atoms with Crippen LogP contribution in [0.4, 0.5) is 0 Å². The number of hydrogen-bond donors (Lipinski definition) is 2. The van der Waals surface area contributed by atoms with Crippen LogP contribution >= 0.6 is 0 Å². The van der Waals surface area contributed by atoms with Crippen LogP contribution in [-0.2, 0) is 4.79 Å². The van der Waals surface area contributed by atoms with E-state index in [2.05, 4.69) is 17.1 Å².